The molecular weight excluding hydrogens is 657 g/mol. The van der Waals surface area contributed by atoms with Gasteiger partial charge in [0.15, 0.2) is 0 Å². The summed E-state index contributed by atoms with van der Waals surface area (Å²) in [5.74, 6) is 0. The van der Waals surface area contributed by atoms with E-state index in [2.05, 4.69) is 190 Å². The number of hydrogen-bond donors (Lipinski definition) is 0. The molecule has 3 heteroatoms. The summed E-state index contributed by atoms with van der Waals surface area (Å²) in [5.41, 5.74) is 18.4. The van der Waals surface area contributed by atoms with E-state index in [0.717, 1.165) is 19.3 Å². The van der Waals surface area contributed by atoms with E-state index in [-0.39, 0.29) is 12.1 Å². The van der Waals surface area contributed by atoms with Crippen molar-refractivity contribution in [2.24, 2.45) is 0 Å². The zero-order chi connectivity index (χ0) is 36.1. The maximum absolute atomic E-state index is 2.63. The minimum atomic E-state index is -0.00957. The molecule has 2 aliphatic rings. The van der Waals surface area contributed by atoms with Crippen LogP contribution >= 0.6 is 11.8 Å². The Bertz CT molecular complexity index is 2450. The van der Waals surface area contributed by atoms with E-state index >= 15 is 0 Å². The van der Waals surface area contributed by atoms with E-state index < -0.39 is 0 Å². The Balaban J connectivity index is 1.33. The molecule has 258 valence electrons. The van der Waals surface area contributed by atoms with Crippen LogP contribution in [0.25, 0.3) is 33.4 Å². The molecule has 0 saturated heterocycles. The lowest BCUT2D eigenvalue weighted by molar-refractivity contribution is 0.589. The second-order valence-corrected chi connectivity index (χ2v) is 16.7. The smallest absolute Gasteiger partial charge is 0.249 e. The van der Waals surface area contributed by atoms with Crippen molar-refractivity contribution >= 4 is 51.9 Å². The summed E-state index contributed by atoms with van der Waals surface area (Å²) in [7, 11) is 0. The van der Waals surface area contributed by atoms with Crippen molar-refractivity contribution in [3.8, 4) is 33.4 Å². The molecule has 0 atom stereocenters. The lowest BCUT2D eigenvalue weighted by Gasteiger charge is -2.42. The van der Waals surface area contributed by atoms with Crippen LogP contribution in [0.4, 0.5) is 17.1 Å². The van der Waals surface area contributed by atoms with Gasteiger partial charge in [-0.05, 0) is 110 Å². The number of rotatable bonds is 7. The average Bonchev–Trinajstić information content (AvgIpc) is 3.20. The van der Waals surface area contributed by atoms with Gasteiger partial charge < -0.3 is 4.90 Å². The van der Waals surface area contributed by atoms with Crippen LogP contribution in [0.3, 0.4) is 0 Å². The average molecular weight is 702 g/mol. The fourth-order valence-corrected chi connectivity index (χ4v) is 9.43. The Morgan fingerprint density at radius 2 is 1.06 bits per heavy atom. The molecule has 1 nitrogen and oxygen atoms in total. The Labute approximate surface area is 319 Å². The normalized spacial score (nSPS) is 13.0. The largest absolute Gasteiger partial charge is 0.311 e. The number of benzene rings is 7. The van der Waals surface area contributed by atoms with Crippen LogP contribution < -0.4 is 21.3 Å². The van der Waals surface area contributed by atoms with E-state index in [1.165, 1.54) is 87.7 Å². The van der Waals surface area contributed by atoms with Gasteiger partial charge in [-0.25, -0.2) is 0 Å². The molecule has 0 fully saturated rings. The van der Waals surface area contributed by atoms with Gasteiger partial charge in [-0.2, -0.15) is 0 Å². The molecule has 0 saturated carbocycles. The summed E-state index contributed by atoms with van der Waals surface area (Å²) >= 11 is 1.95. The summed E-state index contributed by atoms with van der Waals surface area (Å²) in [6, 6.07) is 59.2. The predicted octanol–water partition coefficient (Wildman–Crippen LogP) is 12.1. The Hall–Kier alpha value is -5.25. The summed E-state index contributed by atoms with van der Waals surface area (Å²) in [6.45, 7) is 9.45. The minimum Gasteiger partial charge on any atom is -0.311 e. The Morgan fingerprint density at radius 3 is 1.64 bits per heavy atom. The van der Waals surface area contributed by atoms with E-state index in [4.69, 9.17) is 0 Å². The van der Waals surface area contributed by atoms with Crippen molar-refractivity contribution in [1.82, 2.24) is 0 Å². The monoisotopic (exact) mass is 701 g/mol. The Kier molecular flexibility index (Phi) is 8.63. The second-order valence-electron chi connectivity index (χ2n) is 15.6. The number of aryl methyl sites for hydroxylation is 1. The molecule has 9 rings (SSSR count). The van der Waals surface area contributed by atoms with Gasteiger partial charge in [0.05, 0.1) is 0 Å². The van der Waals surface area contributed by atoms with Gasteiger partial charge in [-0.3, -0.25) is 0 Å². The summed E-state index contributed by atoms with van der Waals surface area (Å²) < 4.78 is 0. The fourth-order valence-electron chi connectivity index (χ4n) is 8.25. The Morgan fingerprint density at radius 1 is 0.509 bits per heavy atom. The van der Waals surface area contributed by atoms with Crippen LogP contribution in [-0.2, 0) is 11.8 Å². The zero-order valence-electron chi connectivity index (χ0n) is 31.1. The van der Waals surface area contributed by atoms with E-state index in [9.17, 15) is 0 Å². The summed E-state index contributed by atoms with van der Waals surface area (Å²) in [6.07, 6.45) is 3.33. The molecule has 2 heterocycles. The first-order valence-corrected chi connectivity index (χ1v) is 19.9. The molecule has 0 unspecified atom stereocenters. The quantitative estimate of drug-likeness (QED) is 0.152. The van der Waals surface area contributed by atoms with Crippen LogP contribution in [0, 0.1) is 0 Å². The first kappa shape index (κ1) is 33.6. The molecule has 0 bridgehead atoms. The van der Waals surface area contributed by atoms with Gasteiger partial charge in [0.1, 0.15) is 0 Å². The molecule has 7 aromatic carbocycles. The van der Waals surface area contributed by atoms with Crippen molar-refractivity contribution in [3.05, 3.63) is 169 Å². The van der Waals surface area contributed by atoms with Crippen LogP contribution in [0.5, 0.6) is 0 Å². The first-order valence-electron chi connectivity index (χ1n) is 19.1. The molecule has 2 aliphatic heterocycles. The highest BCUT2D eigenvalue weighted by atomic mass is 32.2. The third-order valence-corrected chi connectivity index (χ3v) is 12.2. The molecule has 0 aromatic heterocycles. The van der Waals surface area contributed by atoms with Crippen LogP contribution in [0.2, 0.25) is 0 Å². The van der Waals surface area contributed by atoms with Crippen LogP contribution in [0.15, 0.2) is 168 Å². The number of anilines is 3. The minimum absolute atomic E-state index is 0.00957. The third-order valence-electron chi connectivity index (χ3n) is 11.1. The molecule has 0 spiro atoms. The zero-order valence-corrected chi connectivity index (χ0v) is 31.9. The highest BCUT2D eigenvalue weighted by Crippen LogP contribution is 2.46. The van der Waals surface area contributed by atoms with Gasteiger partial charge in [0, 0.05) is 26.9 Å². The maximum Gasteiger partial charge on any atom is 0.249 e. The van der Waals surface area contributed by atoms with Crippen molar-refractivity contribution in [3.63, 3.8) is 0 Å². The molecule has 0 amide bonds. The highest BCUT2D eigenvalue weighted by molar-refractivity contribution is 8.00. The van der Waals surface area contributed by atoms with Crippen molar-refractivity contribution in [2.75, 3.05) is 4.90 Å². The summed E-state index contributed by atoms with van der Waals surface area (Å²) in [5, 5.41) is 0. The standard InChI is InChI=1S/C50H44BNS/c1-5-6-16-40-29-37(34-17-10-7-11-18-34)23-26-44(40)52-45-27-24-38(35-19-12-8-13-20-35)30-42(45)51-43-31-39(36-21-14-9-15-22-36)25-28-47(43)53-48-33-41(50(2,3)4)32-46(52)49(48)51/h7-15,17-33H,5-6,16H2,1-4H3. The molecule has 0 aliphatic carbocycles. The third kappa shape index (κ3) is 6.11. The van der Waals surface area contributed by atoms with Gasteiger partial charge in [-0.15, -0.1) is 0 Å². The molecule has 7 aromatic rings. The van der Waals surface area contributed by atoms with Crippen LogP contribution in [0.1, 0.15) is 51.7 Å². The maximum atomic E-state index is 2.63. The molecule has 0 radical (unpaired) electrons. The lowest BCUT2D eigenvalue weighted by Crippen LogP contribution is -2.60. The van der Waals surface area contributed by atoms with Gasteiger partial charge >= 0.3 is 0 Å². The predicted molar refractivity (Wildman–Crippen MR) is 230 cm³/mol. The molecule has 53 heavy (non-hydrogen) atoms. The van der Waals surface area contributed by atoms with E-state index in [1.807, 2.05) is 11.8 Å². The molecule has 0 N–H and O–H groups in total. The topological polar surface area (TPSA) is 3.24 Å². The van der Waals surface area contributed by atoms with Crippen molar-refractivity contribution in [1.29, 1.82) is 0 Å². The van der Waals surface area contributed by atoms with Crippen molar-refractivity contribution in [2.45, 2.75) is 62.2 Å². The first-order chi connectivity index (χ1) is 25.9. The highest BCUT2D eigenvalue weighted by Gasteiger charge is 2.42. The van der Waals surface area contributed by atoms with Gasteiger partial charge in [0.2, 0.25) is 6.71 Å². The second kappa shape index (κ2) is 13.6. The van der Waals surface area contributed by atoms with Gasteiger partial charge in [-0.1, -0.05) is 173 Å². The SMILES string of the molecule is CCCCc1cc(-c2ccccc2)ccc1N1c2ccc(-c3ccccc3)cc2B2c3cc(-c4ccccc4)ccc3Sc3cc(C(C)(C)C)cc1c32. The number of unbranched alkanes of at least 4 members (excludes halogenated alkanes) is 1. The van der Waals surface area contributed by atoms with E-state index in [1.54, 1.807) is 0 Å². The van der Waals surface area contributed by atoms with E-state index in [0.29, 0.717) is 0 Å². The van der Waals surface area contributed by atoms with Gasteiger partial charge in [0.25, 0.3) is 0 Å². The lowest BCUT2D eigenvalue weighted by atomic mass is 9.34. The number of nitrogens with zero attached hydrogens (tertiary/aromatic N) is 1. The van der Waals surface area contributed by atoms with Crippen molar-refractivity contribution < 1.29 is 0 Å². The fraction of sp³-hybridized carbons (Fsp3) is 0.160. The number of fused-ring (bicyclic) bond motifs is 4. The van der Waals surface area contributed by atoms with Crippen LogP contribution in [-0.4, -0.2) is 6.71 Å². The molecular formula is C50H44BNS. The summed E-state index contributed by atoms with van der Waals surface area (Å²) in [4.78, 5) is 5.34. The number of hydrogen-bond acceptors (Lipinski definition) is 2.